The maximum atomic E-state index is 11.1. The lowest BCUT2D eigenvalue weighted by Crippen LogP contribution is -2.37. The lowest BCUT2D eigenvalue weighted by atomic mass is 9.89. The van der Waals surface area contributed by atoms with Crippen molar-refractivity contribution in [1.29, 1.82) is 0 Å². The predicted molar refractivity (Wildman–Crippen MR) is 77.3 cm³/mol. The van der Waals surface area contributed by atoms with E-state index < -0.39 is 5.97 Å². The van der Waals surface area contributed by atoms with Crippen LogP contribution in [0.25, 0.3) is 0 Å². The molecule has 0 radical (unpaired) electrons. The first kappa shape index (κ1) is 15.0. The lowest BCUT2D eigenvalue weighted by molar-refractivity contribution is -0.138. The Morgan fingerprint density at radius 3 is 2.70 bits per heavy atom. The van der Waals surface area contributed by atoms with E-state index in [1.807, 2.05) is 19.4 Å². The van der Waals surface area contributed by atoms with E-state index in [1.165, 1.54) is 25.7 Å². The quantitative estimate of drug-likeness (QED) is 0.784. The summed E-state index contributed by atoms with van der Waals surface area (Å²) in [6.45, 7) is 0.697. The molecule has 1 atom stereocenters. The van der Waals surface area contributed by atoms with Gasteiger partial charge in [0.2, 0.25) is 0 Å². The molecule has 1 aliphatic carbocycles. The molecule has 1 unspecified atom stereocenters. The van der Waals surface area contributed by atoms with Gasteiger partial charge in [0, 0.05) is 31.4 Å². The van der Waals surface area contributed by atoms with Gasteiger partial charge in [0.25, 0.3) is 0 Å². The Hall–Kier alpha value is -1.36. The molecule has 2 N–H and O–H groups in total. The Kier molecular flexibility index (Phi) is 5.59. The van der Waals surface area contributed by atoms with Crippen LogP contribution in [-0.4, -0.2) is 26.9 Å². The van der Waals surface area contributed by atoms with Crippen molar-refractivity contribution in [1.82, 2.24) is 15.1 Å². The van der Waals surface area contributed by atoms with Gasteiger partial charge in [-0.2, -0.15) is 5.10 Å². The maximum absolute atomic E-state index is 11.1. The number of aliphatic carboxylic acids is 1. The SMILES string of the molecule is Cn1cc(CNC(CC(=O)O)C2CCCCCC2)cn1. The highest BCUT2D eigenvalue weighted by Crippen LogP contribution is 2.27. The lowest BCUT2D eigenvalue weighted by Gasteiger charge is -2.26. The number of carboxylic acids is 1. The molecule has 0 spiro atoms. The molecule has 1 aromatic heterocycles. The van der Waals surface area contributed by atoms with E-state index in [4.69, 9.17) is 5.11 Å². The first-order chi connectivity index (χ1) is 9.65. The number of aromatic nitrogens is 2. The monoisotopic (exact) mass is 279 g/mol. The van der Waals surface area contributed by atoms with Crippen LogP contribution in [0, 0.1) is 5.92 Å². The molecule has 0 aliphatic heterocycles. The van der Waals surface area contributed by atoms with Gasteiger partial charge in [0.05, 0.1) is 12.6 Å². The minimum absolute atomic E-state index is 0.0748. The highest BCUT2D eigenvalue weighted by molar-refractivity contribution is 5.67. The number of nitrogens with zero attached hydrogens (tertiary/aromatic N) is 2. The Bertz CT molecular complexity index is 423. The van der Waals surface area contributed by atoms with Crippen LogP contribution in [0.4, 0.5) is 0 Å². The van der Waals surface area contributed by atoms with Gasteiger partial charge >= 0.3 is 5.97 Å². The third kappa shape index (κ3) is 4.63. The molecule has 1 heterocycles. The van der Waals surface area contributed by atoms with Gasteiger partial charge in [0.15, 0.2) is 0 Å². The number of carbonyl (C=O) groups is 1. The number of carboxylic acid groups (broad SMARTS) is 1. The molecule has 0 amide bonds. The van der Waals surface area contributed by atoms with Crippen LogP contribution in [0.1, 0.15) is 50.5 Å². The molecule has 5 nitrogen and oxygen atoms in total. The normalized spacial score (nSPS) is 18.6. The van der Waals surface area contributed by atoms with Crippen molar-refractivity contribution in [3.05, 3.63) is 18.0 Å². The van der Waals surface area contributed by atoms with Crippen LogP contribution in [0.2, 0.25) is 0 Å². The molecule has 20 heavy (non-hydrogen) atoms. The zero-order valence-corrected chi connectivity index (χ0v) is 12.2. The topological polar surface area (TPSA) is 67.2 Å². The number of hydrogen-bond acceptors (Lipinski definition) is 3. The van der Waals surface area contributed by atoms with Crippen LogP contribution in [-0.2, 0) is 18.4 Å². The molecule has 1 aliphatic rings. The molecule has 5 heteroatoms. The molecule has 1 saturated carbocycles. The van der Waals surface area contributed by atoms with Gasteiger partial charge in [-0.3, -0.25) is 9.48 Å². The fourth-order valence-corrected chi connectivity index (χ4v) is 3.12. The van der Waals surface area contributed by atoms with E-state index in [0.29, 0.717) is 12.5 Å². The summed E-state index contributed by atoms with van der Waals surface area (Å²) in [7, 11) is 1.89. The van der Waals surface area contributed by atoms with Crippen molar-refractivity contribution in [3.8, 4) is 0 Å². The molecule has 1 aromatic rings. The predicted octanol–water partition coefficient (Wildman–Crippen LogP) is 2.32. The fourth-order valence-electron chi connectivity index (χ4n) is 3.12. The van der Waals surface area contributed by atoms with Gasteiger partial charge in [-0.1, -0.05) is 25.7 Å². The summed E-state index contributed by atoms with van der Waals surface area (Å²) in [5.74, 6) is -0.219. The smallest absolute Gasteiger partial charge is 0.304 e. The molecular weight excluding hydrogens is 254 g/mol. The average molecular weight is 279 g/mol. The number of aryl methyl sites for hydroxylation is 1. The summed E-state index contributed by atoms with van der Waals surface area (Å²) >= 11 is 0. The van der Waals surface area contributed by atoms with Crippen molar-refractivity contribution < 1.29 is 9.90 Å². The second kappa shape index (κ2) is 7.43. The van der Waals surface area contributed by atoms with Gasteiger partial charge in [0.1, 0.15) is 0 Å². The van der Waals surface area contributed by atoms with E-state index in [1.54, 1.807) is 4.68 Å². The van der Waals surface area contributed by atoms with Crippen molar-refractivity contribution >= 4 is 5.97 Å². The first-order valence-corrected chi connectivity index (χ1v) is 7.58. The van der Waals surface area contributed by atoms with E-state index in [9.17, 15) is 4.79 Å². The first-order valence-electron chi connectivity index (χ1n) is 7.58. The Morgan fingerprint density at radius 1 is 1.45 bits per heavy atom. The average Bonchev–Trinajstić information content (AvgIpc) is 2.66. The third-order valence-corrected chi connectivity index (χ3v) is 4.19. The summed E-state index contributed by atoms with van der Waals surface area (Å²) in [6.07, 6.45) is 11.4. The molecule has 112 valence electrons. The zero-order valence-electron chi connectivity index (χ0n) is 12.2. The molecular formula is C15H25N3O2. The number of rotatable bonds is 6. The number of nitrogens with one attached hydrogen (secondary N) is 1. The van der Waals surface area contributed by atoms with E-state index in [2.05, 4.69) is 10.4 Å². The Labute approximate surface area is 120 Å². The van der Waals surface area contributed by atoms with Crippen LogP contribution >= 0.6 is 0 Å². The number of hydrogen-bond donors (Lipinski definition) is 2. The van der Waals surface area contributed by atoms with Crippen molar-refractivity contribution in [2.45, 2.75) is 57.5 Å². The van der Waals surface area contributed by atoms with Crippen LogP contribution in [0.3, 0.4) is 0 Å². The second-order valence-electron chi connectivity index (χ2n) is 5.86. The van der Waals surface area contributed by atoms with Crippen molar-refractivity contribution in [2.75, 3.05) is 0 Å². The highest BCUT2D eigenvalue weighted by atomic mass is 16.4. The summed E-state index contributed by atoms with van der Waals surface area (Å²) in [6, 6.07) is 0.0748. The zero-order chi connectivity index (χ0) is 14.4. The van der Waals surface area contributed by atoms with Gasteiger partial charge < -0.3 is 10.4 Å². The van der Waals surface area contributed by atoms with Crippen molar-refractivity contribution in [3.63, 3.8) is 0 Å². The van der Waals surface area contributed by atoms with Crippen LogP contribution in [0.15, 0.2) is 12.4 Å². The Balaban J connectivity index is 1.93. The third-order valence-electron chi connectivity index (χ3n) is 4.19. The standard InChI is InChI=1S/C15H25N3O2/c1-18-11-12(10-17-18)9-16-14(8-15(19)20)13-6-4-2-3-5-7-13/h10-11,13-14,16H,2-9H2,1H3,(H,19,20). The minimum Gasteiger partial charge on any atom is -0.481 e. The van der Waals surface area contributed by atoms with E-state index >= 15 is 0 Å². The summed E-state index contributed by atoms with van der Waals surface area (Å²) in [4.78, 5) is 11.1. The van der Waals surface area contributed by atoms with E-state index in [0.717, 1.165) is 18.4 Å². The van der Waals surface area contributed by atoms with Crippen molar-refractivity contribution in [2.24, 2.45) is 13.0 Å². The highest BCUT2D eigenvalue weighted by Gasteiger charge is 2.24. The molecule has 2 rings (SSSR count). The molecule has 1 fully saturated rings. The van der Waals surface area contributed by atoms with Gasteiger partial charge in [-0.25, -0.2) is 0 Å². The van der Waals surface area contributed by atoms with Crippen LogP contribution < -0.4 is 5.32 Å². The Morgan fingerprint density at radius 2 is 2.15 bits per heavy atom. The maximum Gasteiger partial charge on any atom is 0.304 e. The molecule has 0 saturated heterocycles. The summed E-state index contributed by atoms with van der Waals surface area (Å²) in [5.41, 5.74) is 1.11. The minimum atomic E-state index is -0.710. The second-order valence-corrected chi connectivity index (χ2v) is 5.86. The fraction of sp³-hybridized carbons (Fsp3) is 0.733. The van der Waals surface area contributed by atoms with Crippen LogP contribution in [0.5, 0.6) is 0 Å². The van der Waals surface area contributed by atoms with Gasteiger partial charge in [-0.05, 0) is 18.8 Å². The largest absolute Gasteiger partial charge is 0.481 e. The summed E-state index contributed by atoms with van der Waals surface area (Å²) in [5, 5.41) is 16.7. The summed E-state index contributed by atoms with van der Waals surface area (Å²) < 4.78 is 1.77. The molecule has 0 bridgehead atoms. The molecule has 0 aromatic carbocycles. The van der Waals surface area contributed by atoms with Gasteiger partial charge in [-0.15, -0.1) is 0 Å². The van der Waals surface area contributed by atoms with E-state index in [-0.39, 0.29) is 12.5 Å².